The summed E-state index contributed by atoms with van der Waals surface area (Å²) in [5.41, 5.74) is 2.22. The van der Waals surface area contributed by atoms with Crippen LogP contribution in [-0.2, 0) is 6.42 Å². The summed E-state index contributed by atoms with van der Waals surface area (Å²) in [4.78, 5) is 0. The van der Waals surface area contributed by atoms with Crippen molar-refractivity contribution in [2.45, 2.75) is 25.3 Å². The predicted molar refractivity (Wildman–Crippen MR) is 81.5 cm³/mol. The van der Waals surface area contributed by atoms with Crippen molar-refractivity contribution < 1.29 is 13.9 Å². The first-order valence-electron chi connectivity index (χ1n) is 6.77. The highest BCUT2D eigenvalue weighted by atomic mass is 79.9. The molecule has 2 nitrogen and oxygen atoms in total. The average molecular weight is 354 g/mol. The monoisotopic (exact) mass is 353 g/mol. The fourth-order valence-corrected chi connectivity index (χ4v) is 3.07. The minimum absolute atomic E-state index is 0.104. The third-order valence-electron chi connectivity index (χ3n) is 3.78. The van der Waals surface area contributed by atoms with E-state index in [-0.39, 0.29) is 22.0 Å². The van der Waals surface area contributed by atoms with Crippen LogP contribution in [0.25, 0.3) is 0 Å². The lowest BCUT2D eigenvalue weighted by atomic mass is 9.87. The Bertz CT molecular complexity index is 690. The summed E-state index contributed by atoms with van der Waals surface area (Å²) < 4.78 is 27.6. The Kier molecular flexibility index (Phi) is 3.85. The maximum absolute atomic E-state index is 13.9. The molecule has 1 atom stereocenters. The topological polar surface area (TPSA) is 32.3 Å². The summed E-state index contributed by atoms with van der Waals surface area (Å²) in [5.74, 6) is -0.827. The van der Waals surface area contributed by atoms with Gasteiger partial charge in [0, 0.05) is 6.07 Å². The van der Waals surface area contributed by atoms with E-state index in [1.165, 1.54) is 0 Å². The van der Waals surface area contributed by atoms with Crippen molar-refractivity contribution in [1.82, 2.24) is 0 Å². The quantitative estimate of drug-likeness (QED) is 0.750. The van der Waals surface area contributed by atoms with E-state index in [0.717, 1.165) is 42.5 Å². The number of halogens is 3. The van der Waals surface area contributed by atoms with Crippen LogP contribution in [0.3, 0.4) is 0 Å². The molecule has 0 saturated carbocycles. The summed E-state index contributed by atoms with van der Waals surface area (Å²) in [5, 5.41) is 12.7. The Morgan fingerprint density at radius 2 is 1.95 bits per heavy atom. The molecule has 0 aliphatic heterocycles. The Hall–Kier alpha value is -1.62. The summed E-state index contributed by atoms with van der Waals surface area (Å²) in [6.07, 6.45) is 2.72. The maximum Gasteiger partial charge on any atom is 0.147 e. The van der Waals surface area contributed by atoms with Gasteiger partial charge in [-0.05, 0) is 64.5 Å². The Balaban J connectivity index is 1.93. The first-order chi connectivity index (χ1) is 10.0. The van der Waals surface area contributed by atoms with Crippen molar-refractivity contribution in [1.29, 1.82) is 0 Å². The first kappa shape index (κ1) is 14.3. The number of aryl methyl sites for hydroxylation is 1. The molecule has 0 fully saturated rings. The van der Waals surface area contributed by atoms with Crippen LogP contribution in [0.1, 0.15) is 30.0 Å². The van der Waals surface area contributed by atoms with E-state index in [0.29, 0.717) is 0 Å². The molecule has 0 aromatic heterocycles. The molecule has 2 aromatic carbocycles. The minimum Gasteiger partial charge on any atom is -0.508 e. The molecule has 3 rings (SSSR count). The highest BCUT2D eigenvalue weighted by Crippen LogP contribution is 2.35. The van der Waals surface area contributed by atoms with Gasteiger partial charge in [-0.3, -0.25) is 0 Å². The number of phenols is 1. The molecule has 2 N–H and O–H groups in total. The Morgan fingerprint density at radius 3 is 2.76 bits per heavy atom. The van der Waals surface area contributed by atoms with E-state index in [9.17, 15) is 13.9 Å². The van der Waals surface area contributed by atoms with Gasteiger partial charge >= 0.3 is 0 Å². The van der Waals surface area contributed by atoms with Crippen LogP contribution >= 0.6 is 15.9 Å². The molecule has 0 amide bonds. The van der Waals surface area contributed by atoms with Gasteiger partial charge in [-0.25, -0.2) is 8.78 Å². The van der Waals surface area contributed by atoms with Crippen LogP contribution in [0.2, 0.25) is 0 Å². The van der Waals surface area contributed by atoms with Gasteiger partial charge in [0.05, 0.1) is 16.2 Å². The number of aromatic hydroxyl groups is 1. The van der Waals surface area contributed by atoms with Crippen LogP contribution in [0, 0.1) is 11.6 Å². The summed E-state index contributed by atoms with van der Waals surface area (Å²) in [6, 6.07) is 7.37. The third kappa shape index (κ3) is 2.88. The average Bonchev–Trinajstić information content (AvgIpc) is 2.45. The second-order valence-electron chi connectivity index (χ2n) is 5.22. The largest absolute Gasteiger partial charge is 0.508 e. The number of anilines is 1. The molecule has 1 unspecified atom stereocenters. The lowest BCUT2D eigenvalue weighted by Gasteiger charge is -2.27. The molecular weight excluding hydrogens is 340 g/mol. The standard InChI is InChI=1S/C16H14BrF2NO/c17-12-7-14(19)16(8-13(12)18)20-15-3-1-2-9-4-5-10(21)6-11(9)15/h4-8,15,20-21H,1-3H2. The van der Waals surface area contributed by atoms with E-state index in [2.05, 4.69) is 21.2 Å². The van der Waals surface area contributed by atoms with Gasteiger partial charge in [0.15, 0.2) is 0 Å². The van der Waals surface area contributed by atoms with Crippen LogP contribution in [0.4, 0.5) is 14.5 Å². The second-order valence-corrected chi connectivity index (χ2v) is 6.07. The molecule has 1 aliphatic rings. The zero-order valence-corrected chi connectivity index (χ0v) is 12.8. The molecule has 2 aromatic rings. The van der Waals surface area contributed by atoms with E-state index in [4.69, 9.17) is 0 Å². The van der Waals surface area contributed by atoms with Gasteiger partial charge in [0.25, 0.3) is 0 Å². The highest BCUT2D eigenvalue weighted by molar-refractivity contribution is 9.10. The SMILES string of the molecule is Oc1ccc2c(c1)C(Nc1cc(F)c(Br)cc1F)CCC2. The van der Waals surface area contributed by atoms with Gasteiger partial charge in [-0.2, -0.15) is 0 Å². The number of hydrogen-bond donors (Lipinski definition) is 2. The van der Waals surface area contributed by atoms with Gasteiger partial charge in [-0.1, -0.05) is 6.07 Å². The zero-order valence-electron chi connectivity index (χ0n) is 11.2. The second kappa shape index (κ2) is 5.64. The van der Waals surface area contributed by atoms with Gasteiger partial charge in [-0.15, -0.1) is 0 Å². The summed E-state index contributed by atoms with van der Waals surface area (Å²) in [7, 11) is 0. The van der Waals surface area contributed by atoms with Crippen LogP contribution < -0.4 is 5.32 Å². The molecule has 1 aliphatic carbocycles. The van der Waals surface area contributed by atoms with Crippen LogP contribution in [0.5, 0.6) is 5.75 Å². The fourth-order valence-electron chi connectivity index (χ4n) is 2.76. The Labute approximate surface area is 129 Å². The number of hydrogen-bond acceptors (Lipinski definition) is 2. The first-order valence-corrected chi connectivity index (χ1v) is 7.57. The van der Waals surface area contributed by atoms with E-state index < -0.39 is 11.6 Å². The van der Waals surface area contributed by atoms with Crippen molar-refractivity contribution in [2.24, 2.45) is 0 Å². The predicted octanol–water partition coefficient (Wildman–Crippen LogP) is 4.92. The molecule has 110 valence electrons. The minimum atomic E-state index is -0.508. The number of nitrogens with one attached hydrogen (secondary N) is 1. The lowest BCUT2D eigenvalue weighted by Crippen LogP contribution is -2.18. The summed E-state index contributed by atoms with van der Waals surface area (Å²) >= 11 is 2.96. The number of benzene rings is 2. The summed E-state index contributed by atoms with van der Waals surface area (Å²) in [6.45, 7) is 0. The van der Waals surface area contributed by atoms with E-state index >= 15 is 0 Å². The van der Waals surface area contributed by atoms with Crippen molar-refractivity contribution in [3.05, 3.63) is 57.6 Å². The normalized spacial score (nSPS) is 17.4. The maximum atomic E-state index is 13.9. The van der Waals surface area contributed by atoms with Crippen molar-refractivity contribution in [3.8, 4) is 5.75 Å². The highest BCUT2D eigenvalue weighted by Gasteiger charge is 2.22. The molecule has 0 bridgehead atoms. The van der Waals surface area contributed by atoms with Gasteiger partial charge in [0.1, 0.15) is 17.4 Å². The Morgan fingerprint density at radius 1 is 1.14 bits per heavy atom. The zero-order chi connectivity index (χ0) is 15.0. The smallest absolute Gasteiger partial charge is 0.147 e. The van der Waals surface area contributed by atoms with Crippen LogP contribution in [0.15, 0.2) is 34.8 Å². The lowest BCUT2D eigenvalue weighted by molar-refractivity contribution is 0.471. The van der Waals surface area contributed by atoms with Crippen molar-refractivity contribution in [3.63, 3.8) is 0 Å². The molecule has 5 heteroatoms. The fraction of sp³-hybridized carbons (Fsp3) is 0.250. The van der Waals surface area contributed by atoms with Gasteiger partial charge < -0.3 is 10.4 Å². The van der Waals surface area contributed by atoms with Crippen molar-refractivity contribution in [2.75, 3.05) is 5.32 Å². The molecule has 0 heterocycles. The molecule has 0 spiro atoms. The molecule has 21 heavy (non-hydrogen) atoms. The van der Waals surface area contributed by atoms with E-state index in [1.807, 2.05) is 6.07 Å². The number of rotatable bonds is 2. The number of fused-ring (bicyclic) bond motifs is 1. The van der Waals surface area contributed by atoms with Gasteiger partial charge in [0.2, 0.25) is 0 Å². The third-order valence-corrected chi connectivity index (χ3v) is 4.39. The molecule has 0 radical (unpaired) electrons. The van der Waals surface area contributed by atoms with Crippen LogP contribution in [-0.4, -0.2) is 5.11 Å². The number of phenolic OH excluding ortho intramolecular Hbond substituents is 1. The molecule has 0 saturated heterocycles. The van der Waals surface area contributed by atoms with E-state index in [1.54, 1.807) is 12.1 Å². The van der Waals surface area contributed by atoms with Crippen molar-refractivity contribution >= 4 is 21.6 Å². The molecular formula is C16H14BrF2NO.